The normalized spacial score (nSPS) is 19.8. The van der Waals surface area contributed by atoms with Gasteiger partial charge in [-0.2, -0.15) is 0 Å². The quantitative estimate of drug-likeness (QED) is 0.0956. The Kier molecular flexibility index (Phi) is 11.7. The van der Waals surface area contributed by atoms with E-state index in [1.54, 1.807) is 60.7 Å². The standard InChI is InChI=1S/C46H40O8/c47-43(34-21-9-2-10-22-34)53-40-39(32-51-46(36-25-13-4-14-26-36,37-27-15-5-16-28-37)38-29-17-6-18-30-38)52-45(49)42(54-44(48)35-23-11-3-12-24-35)41(40)50-31-33-19-7-1-8-20-33/h1-30,39-42,45,49H,31-32H2/t39-,40-,41+,42-,45+/m1/s1. The van der Waals surface area contributed by atoms with Crippen molar-refractivity contribution in [1.82, 2.24) is 0 Å². The largest absolute Gasteiger partial charge is 0.453 e. The Bertz CT molecular complexity index is 1970. The molecule has 0 amide bonds. The van der Waals surface area contributed by atoms with Gasteiger partial charge in [0.15, 0.2) is 18.5 Å². The third-order valence-electron chi connectivity index (χ3n) is 9.40. The molecule has 0 spiro atoms. The van der Waals surface area contributed by atoms with Crippen LogP contribution >= 0.6 is 0 Å². The number of benzene rings is 6. The Morgan fingerprint density at radius 2 is 0.907 bits per heavy atom. The minimum atomic E-state index is -1.67. The minimum absolute atomic E-state index is 0.0621. The van der Waals surface area contributed by atoms with Gasteiger partial charge < -0.3 is 28.8 Å². The average molecular weight is 721 g/mol. The monoisotopic (exact) mass is 720 g/mol. The van der Waals surface area contributed by atoms with E-state index in [9.17, 15) is 14.7 Å². The van der Waals surface area contributed by atoms with Crippen LogP contribution in [0.5, 0.6) is 0 Å². The Labute approximate surface area is 314 Å². The van der Waals surface area contributed by atoms with Gasteiger partial charge in [-0.1, -0.05) is 158 Å². The molecule has 0 saturated carbocycles. The van der Waals surface area contributed by atoms with Crippen molar-refractivity contribution in [2.45, 2.75) is 42.9 Å². The van der Waals surface area contributed by atoms with Crippen LogP contribution in [-0.2, 0) is 35.9 Å². The first-order chi connectivity index (χ1) is 26.5. The topological polar surface area (TPSA) is 101 Å². The van der Waals surface area contributed by atoms with Crippen LogP contribution in [0.15, 0.2) is 182 Å². The van der Waals surface area contributed by atoms with Gasteiger partial charge in [0.05, 0.1) is 24.3 Å². The summed E-state index contributed by atoms with van der Waals surface area (Å²) < 4.78 is 32.1. The van der Waals surface area contributed by atoms with Gasteiger partial charge >= 0.3 is 11.9 Å². The first kappa shape index (κ1) is 36.5. The molecule has 0 bridgehead atoms. The molecule has 6 aromatic rings. The van der Waals surface area contributed by atoms with Crippen LogP contribution in [0.1, 0.15) is 43.0 Å². The summed E-state index contributed by atoms with van der Waals surface area (Å²) in [6.07, 6.45) is -6.52. The molecule has 6 aromatic carbocycles. The first-order valence-corrected chi connectivity index (χ1v) is 17.8. The molecule has 0 unspecified atom stereocenters. The molecule has 1 heterocycles. The van der Waals surface area contributed by atoms with Crippen molar-refractivity contribution in [3.63, 3.8) is 0 Å². The molecule has 7 rings (SSSR count). The van der Waals surface area contributed by atoms with Crippen LogP contribution in [0, 0.1) is 0 Å². The molecular weight excluding hydrogens is 680 g/mol. The van der Waals surface area contributed by atoms with E-state index < -0.39 is 48.2 Å². The maximum absolute atomic E-state index is 13.8. The molecule has 272 valence electrons. The number of carbonyl (C=O) groups is 2. The van der Waals surface area contributed by atoms with E-state index in [1.807, 2.05) is 121 Å². The van der Waals surface area contributed by atoms with Crippen LogP contribution in [0.25, 0.3) is 0 Å². The lowest BCUT2D eigenvalue weighted by atomic mass is 9.80. The van der Waals surface area contributed by atoms with E-state index in [0.717, 1.165) is 22.3 Å². The highest BCUT2D eigenvalue weighted by Crippen LogP contribution is 2.41. The number of esters is 2. The highest BCUT2D eigenvalue weighted by Gasteiger charge is 2.52. The Morgan fingerprint density at radius 3 is 1.35 bits per heavy atom. The van der Waals surface area contributed by atoms with Gasteiger partial charge in [0.1, 0.15) is 17.8 Å². The van der Waals surface area contributed by atoms with Crippen LogP contribution < -0.4 is 0 Å². The van der Waals surface area contributed by atoms with Crippen molar-refractivity contribution < 1.29 is 38.4 Å². The Morgan fingerprint density at radius 1 is 0.519 bits per heavy atom. The van der Waals surface area contributed by atoms with Gasteiger partial charge in [-0.05, 0) is 46.5 Å². The second kappa shape index (κ2) is 17.3. The fourth-order valence-electron chi connectivity index (χ4n) is 6.76. The lowest BCUT2D eigenvalue weighted by molar-refractivity contribution is -0.299. The van der Waals surface area contributed by atoms with Crippen LogP contribution in [0.3, 0.4) is 0 Å². The lowest BCUT2D eigenvalue weighted by Gasteiger charge is -2.45. The number of hydrogen-bond donors (Lipinski definition) is 1. The molecule has 1 fully saturated rings. The summed E-state index contributed by atoms with van der Waals surface area (Å²) in [4.78, 5) is 27.3. The van der Waals surface area contributed by atoms with Gasteiger partial charge in [-0.25, -0.2) is 9.59 Å². The molecule has 54 heavy (non-hydrogen) atoms. The SMILES string of the molecule is O=C(O[C@@H]1[C@@H](OCc2ccccc2)[C@H](OC(=O)c2ccccc2)[C@@H](COC(c2ccccc2)(c2ccccc2)c2ccccc2)O[C@@H]1O)c1ccccc1. The van der Waals surface area contributed by atoms with Gasteiger partial charge in [0.2, 0.25) is 0 Å². The highest BCUT2D eigenvalue weighted by molar-refractivity contribution is 5.90. The van der Waals surface area contributed by atoms with Crippen molar-refractivity contribution in [1.29, 1.82) is 0 Å². The summed E-state index contributed by atoms with van der Waals surface area (Å²) in [5.41, 5.74) is 2.80. The zero-order chi connectivity index (χ0) is 37.2. The summed E-state index contributed by atoms with van der Waals surface area (Å²) in [6, 6.07) is 55.9. The third kappa shape index (κ3) is 8.17. The summed E-state index contributed by atoms with van der Waals surface area (Å²) in [7, 11) is 0. The average Bonchev–Trinajstić information content (AvgIpc) is 3.24. The van der Waals surface area contributed by atoms with Gasteiger partial charge in [-0.15, -0.1) is 0 Å². The fraction of sp³-hybridized carbons (Fsp3) is 0.174. The highest BCUT2D eigenvalue weighted by atomic mass is 16.7. The van der Waals surface area contributed by atoms with Crippen LogP contribution in [-0.4, -0.2) is 54.4 Å². The number of aliphatic hydroxyl groups is 1. The zero-order valence-electron chi connectivity index (χ0n) is 29.4. The zero-order valence-corrected chi connectivity index (χ0v) is 29.4. The van der Waals surface area contributed by atoms with E-state index in [4.69, 9.17) is 23.7 Å². The molecule has 8 heteroatoms. The first-order valence-electron chi connectivity index (χ1n) is 17.8. The number of hydrogen-bond acceptors (Lipinski definition) is 8. The number of ether oxygens (including phenoxy) is 5. The van der Waals surface area contributed by atoms with Crippen molar-refractivity contribution in [3.05, 3.63) is 215 Å². The maximum Gasteiger partial charge on any atom is 0.338 e. The van der Waals surface area contributed by atoms with Crippen molar-refractivity contribution in [2.24, 2.45) is 0 Å². The van der Waals surface area contributed by atoms with Crippen molar-refractivity contribution in [3.8, 4) is 0 Å². The smallest absolute Gasteiger partial charge is 0.338 e. The van der Waals surface area contributed by atoms with Crippen molar-refractivity contribution in [2.75, 3.05) is 6.61 Å². The molecular formula is C46H40O8. The van der Waals surface area contributed by atoms with Crippen LogP contribution in [0.2, 0.25) is 0 Å². The number of carbonyl (C=O) groups excluding carboxylic acids is 2. The molecule has 1 saturated heterocycles. The molecule has 1 aliphatic rings. The van der Waals surface area contributed by atoms with E-state index in [-0.39, 0.29) is 18.8 Å². The minimum Gasteiger partial charge on any atom is -0.453 e. The molecule has 1 aliphatic heterocycles. The maximum atomic E-state index is 13.8. The molecule has 0 radical (unpaired) electrons. The van der Waals surface area contributed by atoms with E-state index in [2.05, 4.69) is 0 Å². The molecule has 0 aliphatic carbocycles. The number of aliphatic hydroxyl groups excluding tert-OH is 1. The lowest BCUT2D eigenvalue weighted by Crippen LogP contribution is -2.62. The summed E-state index contributed by atoms with van der Waals surface area (Å²) in [5.74, 6) is -1.34. The summed E-state index contributed by atoms with van der Waals surface area (Å²) >= 11 is 0. The summed E-state index contributed by atoms with van der Waals surface area (Å²) in [6.45, 7) is -0.112. The number of rotatable bonds is 13. The van der Waals surface area contributed by atoms with E-state index >= 15 is 0 Å². The fourth-order valence-corrected chi connectivity index (χ4v) is 6.76. The van der Waals surface area contributed by atoms with Crippen LogP contribution in [0.4, 0.5) is 0 Å². The second-order valence-corrected chi connectivity index (χ2v) is 12.9. The Hall–Kier alpha value is -5.90. The van der Waals surface area contributed by atoms with Gasteiger partial charge in [0.25, 0.3) is 0 Å². The molecule has 8 nitrogen and oxygen atoms in total. The predicted molar refractivity (Wildman–Crippen MR) is 202 cm³/mol. The van der Waals surface area contributed by atoms with Gasteiger partial charge in [0, 0.05) is 0 Å². The molecule has 1 N–H and O–H groups in total. The van der Waals surface area contributed by atoms with Gasteiger partial charge in [-0.3, -0.25) is 0 Å². The predicted octanol–water partition coefficient (Wildman–Crippen LogP) is 7.75. The summed E-state index contributed by atoms with van der Waals surface area (Å²) in [5, 5.41) is 11.7. The second-order valence-electron chi connectivity index (χ2n) is 12.9. The van der Waals surface area contributed by atoms with Crippen molar-refractivity contribution >= 4 is 11.9 Å². The third-order valence-corrected chi connectivity index (χ3v) is 9.40. The molecule has 0 aromatic heterocycles. The van der Waals surface area contributed by atoms with E-state index in [1.165, 1.54) is 0 Å². The Balaban J connectivity index is 1.29. The molecule has 5 atom stereocenters. The van der Waals surface area contributed by atoms with E-state index in [0.29, 0.717) is 5.56 Å².